The Morgan fingerprint density at radius 1 is 1.00 bits per heavy atom. The van der Waals surface area contributed by atoms with Gasteiger partial charge in [0.15, 0.2) is 11.5 Å². The van der Waals surface area contributed by atoms with Crippen LogP contribution in [-0.4, -0.2) is 51.5 Å². The first-order valence-electron chi connectivity index (χ1n) is 10.5. The molecule has 164 valence electrons. The number of fused-ring (bicyclic) bond motifs is 1. The number of ether oxygens (including phenoxy) is 3. The first kappa shape index (κ1) is 21.1. The molecule has 1 fully saturated rings. The summed E-state index contributed by atoms with van der Waals surface area (Å²) in [5, 5.41) is 5.53. The fraction of sp³-hybridized carbons (Fsp3) is 0.391. The van der Waals surface area contributed by atoms with Crippen molar-refractivity contribution in [2.24, 2.45) is 0 Å². The highest BCUT2D eigenvalue weighted by Gasteiger charge is 2.29. The summed E-state index contributed by atoms with van der Waals surface area (Å²) in [5.74, 6) is 0.0972. The number of anilines is 1. The number of rotatable bonds is 5. The zero-order valence-corrected chi connectivity index (χ0v) is 17.8. The van der Waals surface area contributed by atoms with Gasteiger partial charge in [0, 0.05) is 11.3 Å². The third-order valence-corrected chi connectivity index (χ3v) is 5.74. The molecule has 2 heterocycles. The van der Waals surface area contributed by atoms with Crippen LogP contribution in [0.2, 0.25) is 0 Å². The van der Waals surface area contributed by atoms with E-state index in [0.717, 1.165) is 35.5 Å². The largest absolute Gasteiger partial charge is 0.454 e. The summed E-state index contributed by atoms with van der Waals surface area (Å²) in [6, 6.07) is 11.5. The Morgan fingerprint density at radius 2 is 1.77 bits per heavy atom. The maximum Gasteiger partial charge on any atom is 0.313 e. The molecule has 8 heteroatoms. The van der Waals surface area contributed by atoms with Crippen LogP contribution in [0.15, 0.2) is 36.4 Å². The topological polar surface area (TPSA) is 90.3 Å². The zero-order valence-electron chi connectivity index (χ0n) is 17.8. The van der Waals surface area contributed by atoms with Gasteiger partial charge < -0.3 is 29.7 Å². The summed E-state index contributed by atoms with van der Waals surface area (Å²) >= 11 is 0. The minimum Gasteiger partial charge on any atom is -0.454 e. The minimum atomic E-state index is -0.671. The normalized spacial score (nSPS) is 16.6. The minimum absolute atomic E-state index is 0.0316. The van der Waals surface area contributed by atoms with Crippen molar-refractivity contribution < 1.29 is 28.7 Å². The van der Waals surface area contributed by atoms with Gasteiger partial charge in [-0.3, -0.25) is 9.59 Å². The van der Waals surface area contributed by atoms with E-state index >= 15 is 0 Å². The van der Waals surface area contributed by atoms with Crippen LogP contribution in [0.3, 0.4) is 0 Å². The van der Waals surface area contributed by atoms with E-state index in [1.54, 1.807) is 0 Å². The van der Waals surface area contributed by atoms with Gasteiger partial charge in [-0.15, -0.1) is 0 Å². The van der Waals surface area contributed by atoms with Gasteiger partial charge in [-0.2, -0.15) is 0 Å². The standard InChI is InChI=1S/C23H27N3O5/c1-15-3-4-16(2)18(11-15)25-23(28)22(27)24-13-19(26-7-9-29-10-8-26)17-5-6-20-21(12-17)31-14-30-20/h3-6,11-12,19H,7-10,13-14H2,1-2H3,(H,24,27)(H,25,28)/p+1/t19-/m1/s1. The fourth-order valence-electron chi connectivity index (χ4n) is 3.93. The lowest BCUT2D eigenvalue weighted by Gasteiger charge is -2.32. The maximum absolute atomic E-state index is 12.5. The molecule has 2 aromatic rings. The lowest BCUT2D eigenvalue weighted by atomic mass is 10.0. The summed E-state index contributed by atoms with van der Waals surface area (Å²) in [5.41, 5.74) is 3.59. The second-order valence-electron chi connectivity index (χ2n) is 7.92. The Balaban J connectivity index is 1.44. The first-order chi connectivity index (χ1) is 15.0. The highest BCUT2D eigenvalue weighted by atomic mass is 16.7. The van der Waals surface area contributed by atoms with Crippen molar-refractivity contribution in [3.63, 3.8) is 0 Å². The monoisotopic (exact) mass is 426 g/mol. The molecule has 3 N–H and O–H groups in total. The van der Waals surface area contributed by atoms with Crippen LogP contribution in [0, 0.1) is 13.8 Å². The molecule has 2 amide bonds. The van der Waals surface area contributed by atoms with E-state index in [0.29, 0.717) is 31.2 Å². The molecular formula is C23H28N3O5+. The molecule has 0 saturated carbocycles. The number of aryl methyl sites for hydroxylation is 2. The van der Waals surface area contributed by atoms with E-state index in [4.69, 9.17) is 14.2 Å². The molecule has 0 aliphatic carbocycles. The van der Waals surface area contributed by atoms with Gasteiger partial charge in [0.25, 0.3) is 0 Å². The molecule has 2 aliphatic rings. The Morgan fingerprint density at radius 3 is 2.58 bits per heavy atom. The Hall–Kier alpha value is -3.10. The molecule has 0 aromatic heterocycles. The van der Waals surface area contributed by atoms with Crippen molar-refractivity contribution in [3.05, 3.63) is 53.1 Å². The molecule has 0 bridgehead atoms. The van der Waals surface area contributed by atoms with Crippen LogP contribution in [-0.2, 0) is 14.3 Å². The molecular weight excluding hydrogens is 398 g/mol. The summed E-state index contributed by atoms with van der Waals surface area (Å²) < 4.78 is 16.4. The number of amides is 2. The molecule has 4 rings (SSSR count). The van der Waals surface area contributed by atoms with Crippen LogP contribution in [0.4, 0.5) is 5.69 Å². The highest BCUT2D eigenvalue weighted by Crippen LogP contribution is 2.33. The highest BCUT2D eigenvalue weighted by molar-refractivity contribution is 6.39. The number of hydrogen-bond donors (Lipinski definition) is 3. The van der Waals surface area contributed by atoms with Crippen molar-refractivity contribution in [2.75, 3.05) is 45.0 Å². The van der Waals surface area contributed by atoms with E-state index in [2.05, 4.69) is 10.6 Å². The van der Waals surface area contributed by atoms with Gasteiger partial charge in [0.05, 0.1) is 19.8 Å². The van der Waals surface area contributed by atoms with Gasteiger partial charge in [-0.1, -0.05) is 12.1 Å². The molecule has 0 radical (unpaired) electrons. The van der Waals surface area contributed by atoms with Crippen molar-refractivity contribution in [2.45, 2.75) is 19.9 Å². The lowest BCUT2D eigenvalue weighted by Crippen LogP contribution is -3.15. The predicted octanol–water partition coefficient (Wildman–Crippen LogP) is 0.743. The molecule has 0 spiro atoms. The quantitative estimate of drug-likeness (QED) is 0.614. The summed E-state index contributed by atoms with van der Waals surface area (Å²) in [7, 11) is 0. The zero-order chi connectivity index (χ0) is 21.8. The van der Waals surface area contributed by atoms with Crippen LogP contribution in [0.1, 0.15) is 22.7 Å². The summed E-state index contributed by atoms with van der Waals surface area (Å²) in [6.07, 6.45) is 0. The molecule has 1 atom stereocenters. The van der Waals surface area contributed by atoms with Crippen LogP contribution >= 0.6 is 0 Å². The number of carbonyl (C=O) groups excluding carboxylic acids is 2. The number of nitrogens with one attached hydrogen (secondary N) is 3. The van der Waals surface area contributed by atoms with Gasteiger partial charge in [0.2, 0.25) is 6.79 Å². The number of morpholine rings is 1. The van der Waals surface area contributed by atoms with Crippen molar-refractivity contribution >= 4 is 17.5 Å². The van der Waals surface area contributed by atoms with Crippen LogP contribution < -0.4 is 25.0 Å². The van der Waals surface area contributed by atoms with Crippen molar-refractivity contribution in [1.82, 2.24) is 5.32 Å². The van der Waals surface area contributed by atoms with Gasteiger partial charge in [0.1, 0.15) is 19.1 Å². The predicted molar refractivity (Wildman–Crippen MR) is 114 cm³/mol. The smallest absolute Gasteiger partial charge is 0.313 e. The van der Waals surface area contributed by atoms with E-state index in [9.17, 15) is 9.59 Å². The number of hydrogen-bond acceptors (Lipinski definition) is 5. The summed E-state index contributed by atoms with van der Waals surface area (Å²) in [6.45, 7) is 7.35. The Kier molecular flexibility index (Phi) is 6.39. The fourth-order valence-corrected chi connectivity index (χ4v) is 3.93. The third kappa shape index (κ3) is 4.98. The first-order valence-corrected chi connectivity index (χ1v) is 10.5. The molecule has 2 aromatic carbocycles. The average Bonchev–Trinajstić information content (AvgIpc) is 3.25. The molecule has 2 aliphatic heterocycles. The Labute approximate surface area is 181 Å². The van der Waals surface area contributed by atoms with Crippen LogP contribution in [0.5, 0.6) is 11.5 Å². The molecule has 8 nitrogen and oxygen atoms in total. The van der Waals surface area contributed by atoms with E-state index in [1.165, 1.54) is 4.90 Å². The van der Waals surface area contributed by atoms with Crippen LogP contribution in [0.25, 0.3) is 0 Å². The average molecular weight is 426 g/mol. The van der Waals surface area contributed by atoms with E-state index in [-0.39, 0.29) is 12.8 Å². The number of carbonyl (C=O) groups is 2. The second-order valence-corrected chi connectivity index (χ2v) is 7.92. The number of benzene rings is 2. The van der Waals surface area contributed by atoms with Gasteiger partial charge in [-0.25, -0.2) is 0 Å². The van der Waals surface area contributed by atoms with Gasteiger partial charge in [-0.05, 0) is 49.2 Å². The lowest BCUT2D eigenvalue weighted by molar-refractivity contribution is -0.937. The molecule has 31 heavy (non-hydrogen) atoms. The van der Waals surface area contributed by atoms with E-state index in [1.807, 2.05) is 50.2 Å². The van der Waals surface area contributed by atoms with Crippen molar-refractivity contribution in [3.8, 4) is 11.5 Å². The number of quaternary nitrogens is 1. The molecule has 1 saturated heterocycles. The maximum atomic E-state index is 12.5. The van der Waals surface area contributed by atoms with Gasteiger partial charge >= 0.3 is 11.8 Å². The third-order valence-electron chi connectivity index (χ3n) is 5.74. The summed E-state index contributed by atoms with van der Waals surface area (Å²) in [4.78, 5) is 26.3. The van der Waals surface area contributed by atoms with E-state index < -0.39 is 11.8 Å². The Bertz CT molecular complexity index is 972. The van der Waals surface area contributed by atoms with Crippen molar-refractivity contribution in [1.29, 1.82) is 0 Å². The second kappa shape index (κ2) is 9.36. The SMILES string of the molecule is Cc1ccc(C)c(NC(=O)C(=O)NC[C@H](c2ccc3c(c2)OCO3)[NH+]2CCOCC2)c1. The molecule has 0 unspecified atom stereocenters.